The van der Waals surface area contributed by atoms with Crippen LogP contribution in [0.5, 0.6) is 5.75 Å². The smallest absolute Gasteiger partial charge is 0.274 e. The number of nitrogens with zero attached hydrogens (tertiary/aromatic N) is 4. The number of amides is 1. The number of nitrogens with one attached hydrogen (secondary N) is 1. The number of para-hydroxylation sites is 1. The number of halogens is 1. The third-order valence-corrected chi connectivity index (χ3v) is 9.59. The molecule has 1 atom stereocenters. The Bertz CT molecular complexity index is 1610. The standard InChI is InChI=1S/C27H28ClN5O4S/c1-18-24(25(28)32(2)31-18)38(35,36)33-17-30-21-15-27(14-13-22(21)33,19-9-5-4-6-10-19)16-29-26(34)20-11-7-8-12-23(20)37-3/h4-12,17H,13-16H2,1-3H3,(H,29,34). The van der Waals surface area contributed by atoms with Gasteiger partial charge in [0.25, 0.3) is 15.9 Å². The molecule has 11 heteroatoms. The van der Waals surface area contributed by atoms with Crippen LogP contribution in [0.4, 0.5) is 0 Å². The minimum absolute atomic E-state index is 0.0224. The van der Waals surface area contributed by atoms with Crippen LogP contribution in [0.3, 0.4) is 0 Å². The summed E-state index contributed by atoms with van der Waals surface area (Å²) in [6.45, 7) is 1.97. The van der Waals surface area contributed by atoms with Gasteiger partial charge in [0.1, 0.15) is 22.1 Å². The highest BCUT2D eigenvalue weighted by atomic mass is 35.5. The van der Waals surface area contributed by atoms with Gasteiger partial charge in [-0.3, -0.25) is 9.48 Å². The molecule has 0 aliphatic heterocycles. The van der Waals surface area contributed by atoms with Crippen LogP contribution >= 0.6 is 11.6 Å². The number of methoxy groups -OCH3 is 1. The number of imidazole rings is 1. The number of ether oxygens (including phenoxy) is 1. The molecule has 9 nitrogen and oxygen atoms in total. The first-order chi connectivity index (χ1) is 18.2. The Morgan fingerprint density at radius 2 is 1.87 bits per heavy atom. The maximum Gasteiger partial charge on any atom is 0.274 e. The molecule has 5 rings (SSSR count). The highest BCUT2D eigenvalue weighted by molar-refractivity contribution is 7.90. The first-order valence-corrected chi connectivity index (χ1v) is 14.0. The molecular formula is C27H28ClN5O4S. The third-order valence-electron chi connectivity index (χ3n) is 7.21. The predicted octanol–water partition coefficient (Wildman–Crippen LogP) is 3.68. The zero-order valence-corrected chi connectivity index (χ0v) is 22.9. The van der Waals surface area contributed by atoms with E-state index in [1.165, 1.54) is 22.1 Å². The van der Waals surface area contributed by atoms with E-state index in [1.54, 1.807) is 32.2 Å². The zero-order valence-electron chi connectivity index (χ0n) is 21.3. The van der Waals surface area contributed by atoms with Crippen molar-refractivity contribution >= 4 is 27.5 Å². The zero-order chi connectivity index (χ0) is 27.1. The van der Waals surface area contributed by atoms with E-state index >= 15 is 0 Å². The maximum absolute atomic E-state index is 13.6. The van der Waals surface area contributed by atoms with Crippen LogP contribution in [0.2, 0.25) is 5.15 Å². The number of aryl methyl sites for hydroxylation is 2. The van der Waals surface area contributed by atoms with Crippen LogP contribution in [0.1, 0.15) is 39.4 Å². The fraction of sp³-hybridized carbons (Fsp3) is 0.296. The third kappa shape index (κ3) is 4.37. The van der Waals surface area contributed by atoms with Crippen LogP contribution in [-0.2, 0) is 35.3 Å². The van der Waals surface area contributed by atoms with Crippen LogP contribution in [0.25, 0.3) is 0 Å². The second-order valence-corrected chi connectivity index (χ2v) is 11.6. The molecule has 38 heavy (non-hydrogen) atoms. The molecule has 2 aromatic heterocycles. The predicted molar refractivity (Wildman–Crippen MR) is 143 cm³/mol. The number of hydrogen-bond acceptors (Lipinski definition) is 6. The fourth-order valence-corrected chi connectivity index (χ4v) is 7.32. The Balaban J connectivity index is 1.49. The number of aromatic nitrogens is 4. The van der Waals surface area contributed by atoms with Gasteiger partial charge in [0.05, 0.1) is 29.8 Å². The van der Waals surface area contributed by atoms with Crippen molar-refractivity contribution in [1.29, 1.82) is 0 Å². The SMILES string of the molecule is COc1ccccc1C(=O)NCC1(c2ccccc2)CCc2c(ncn2S(=O)(=O)c2c(C)nn(C)c2Cl)C1. The second-order valence-electron chi connectivity index (χ2n) is 9.47. The van der Waals surface area contributed by atoms with E-state index in [-0.39, 0.29) is 16.0 Å². The second kappa shape index (κ2) is 9.92. The summed E-state index contributed by atoms with van der Waals surface area (Å²) in [5.41, 5.74) is 2.65. The van der Waals surface area contributed by atoms with Crippen molar-refractivity contribution in [2.75, 3.05) is 13.7 Å². The number of carbonyl (C=O) groups is 1. The molecule has 0 spiro atoms. The van der Waals surface area contributed by atoms with Crippen molar-refractivity contribution in [3.8, 4) is 5.75 Å². The van der Waals surface area contributed by atoms with E-state index in [0.717, 1.165) is 5.56 Å². The van der Waals surface area contributed by atoms with E-state index in [4.69, 9.17) is 16.3 Å². The summed E-state index contributed by atoms with van der Waals surface area (Å²) in [6, 6.07) is 17.0. The maximum atomic E-state index is 13.6. The number of benzene rings is 2. The average molecular weight is 554 g/mol. The highest BCUT2D eigenvalue weighted by Gasteiger charge is 2.40. The van der Waals surface area contributed by atoms with Crippen molar-refractivity contribution in [2.24, 2.45) is 7.05 Å². The van der Waals surface area contributed by atoms with E-state index in [0.29, 0.717) is 54.2 Å². The Morgan fingerprint density at radius 1 is 1.16 bits per heavy atom. The van der Waals surface area contributed by atoms with Crippen molar-refractivity contribution in [1.82, 2.24) is 24.1 Å². The van der Waals surface area contributed by atoms with Gasteiger partial charge in [-0.2, -0.15) is 5.10 Å². The average Bonchev–Trinajstić information content (AvgIpc) is 3.47. The van der Waals surface area contributed by atoms with Gasteiger partial charge in [-0.1, -0.05) is 54.1 Å². The fourth-order valence-electron chi connectivity index (χ4n) is 5.24. The summed E-state index contributed by atoms with van der Waals surface area (Å²) in [5.74, 6) is 0.261. The summed E-state index contributed by atoms with van der Waals surface area (Å²) in [5, 5.41) is 7.31. The normalized spacial score (nSPS) is 17.2. The van der Waals surface area contributed by atoms with E-state index in [2.05, 4.69) is 15.4 Å². The number of fused-ring (bicyclic) bond motifs is 1. The van der Waals surface area contributed by atoms with Gasteiger partial charge in [0.2, 0.25) is 0 Å². The highest BCUT2D eigenvalue weighted by Crippen LogP contribution is 2.39. The molecule has 0 bridgehead atoms. The quantitative estimate of drug-likeness (QED) is 0.374. The number of carbonyl (C=O) groups excluding carboxylic acids is 1. The van der Waals surface area contributed by atoms with E-state index in [9.17, 15) is 13.2 Å². The minimum atomic E-state index is -3.99. The van der Waals surface area contributed by atoms with Crippen molar-refractivity contribution in [2.45, 2.75) is 36.5 Å². The summed E-state index contributed by atoms with van der Waals surface area (Å²) < 4.78 is 35.1. The van der Waals surface area contributed by atoms with Crippen molar-refractivity contribution in [3.63, 3.8) is 0 Å². The minimum Gasteiger partial charge on any atom is -0.496 e. The molecule has 1 N–H and O–H groups in total. The van der Waals surface area contributed by atoms with Gasteiger partial charge >= 0.3 is 0 Å². The largest absolute Gasteiger partial charge is 0.496 e. The van der Waals surface area contributed by atoms with E-state index < -0.39 is 15.4 Å². The number of rotatable bonds is 7. The first kappa shape index (κ1) is 26.0. The topological polar surface area (TPSA) is 108 Å². The lowest BCUT2D eigenvalue weighted by atomic mass is 9.69. The molecule has 1 aliphatic rings. The molecule has 0 fully saturated rings. The summed E-state index contributed by atoms with van der Waals surface area (Å²) in [4.78, 5) is 17.6. The molecule has 1 amide bonds. The Kier molecular flexibility index (Phi) is 6.79. The molecule has 0 saturated heterocycles. The summed E-state index contributed by atoms with van der Waals surface area (Å²) >= 11 is 6.31. The molecule has 1 unspecified atom stereocenters. The van der Waals surface area contributed by atoms with Crippen LogP contribution in [0, 0.1) is 6.92 Å². The van der Waals surface area contributed by atoms with E-state index in [1.807, 2.05) is 36.4 Å². The lowest BCUT2D eigenvalue weighted by Gasteiger charge is -2.37. The van der Waals surface area contributed by atoms with Gasteiger partial charge in [-0.15, -0.1) is 0 Å². The van der Waals surface area contributed by atoms with Crippen molar-refractivity contribution in [3.05, 3.63) is 94.3 Å². The molecule has 198 valence electrons. The Hall–Kier alpha value is -3.63. The van der Waals surface area contributed by atoms with Crippen molar-refractivity contribution < 1.29 is 17.9 Å². The van der Waals surface area contributed by atoms with Gasteiger partial charge < -0.3 is 10.1 Å². The van der Waals surface area contributed by atoms with Gasteiger partial charge in [-0.25, -0.2) is 17.4 Å². The molecule has 2 heterocycles. The van der Waals surface area contributed by atoms with Gasteiger partial charge in [0.15, 0.2) is 0 Å². The lowest BCUT2D eigenvalue weighted by Crippen LogP contribution is -2.45. The molecule has 2 aromatic carbocycles. The van der Waals surface area contributed by atoms with Crippen LogP contribution < -0.4 is 10.1 Å². The van der Waals surface area contributed by atoms with Crippen LogP contribution in [-0.4, -0.2) is 46.7 Å². The van der Waals surface area contributed by atoms with Crippen LogP contribution in [0.15, 0.2) is 65.8 Å². The van der Waals surface area contributed by atoms with Gasteiger partial charge in [0, 0.05) is 25.4 Å². The van der Waals surface area contributed by atoms with Gasteiger partial charge in [-0.05, 0) is 37.5 Å². The Labute approximate surface area is 226 Å². The monoisotopic (exact) mass is 553 g/mol. The molecule has 1 aliphatic carbocycles. The summed E-state index contributed by atoms with van der Waals surface area (Å²) in [7, 11) is -0.859. The first-order valence-electron chi connectivity index (χ1n) is 12.1. The number of hydrogen-bond donors (Lipinski definition) is 1. The summed E-state index contributed by atoms with van der Waals surface area (Å²) in [6.07, 6.45) is 2.86. The Morgan fingerprint density at radius 3 is 2.55 bits per heavy atom. The molecule has 0 saturated carbocycles. The molecule has 0 radical (unpaired) electrons. The lowest BCUT2D eigenvalue weighted by molar-refractivity contribution is 0.0937. The molecule has 4 aromatic rings. The molecular weight excluding hydrogens is 526 g/mol.